The quantitative estimate of drug-likeness (QED) is 0.871. The highest BCUT2D eigenvalue weighted by Gasteiger charge is 2.28. The van der Waals surface area contributed by atoms with Crippen molar-refractivity contribution in [2.45, 2.75) is 18.9 Å². The van der Waals surface area contributed by atoms with Gasteiger partial charge in [-0.05, 0) is 30.9 Å². The molecule has 90 valence electrons. The molecule has 0 radical (unpaired) electrons. The number of hydrogen-bond acceptors (Lipinski definition) is 3. The number of fused-ring (bicyclic) bond motifs is 1. The third kappa shape index (κ3) is 1.89. The number of hydrogen-bond donors (Lipinski definition) is 1. The van der Waals surface area contributed by atoms with E-state index in [1.165, 1.54) is 0 Å². The van der Waals surface area contributed by atoms with Crippen LogP contribution in [0.3, 0.4) is 0 Å². The highest BCUT2D eigenvalue weighted by atomic mass is 16.3. The van der Waals surface area contributed by atoms with Gasteiger partial charge in [0.05, 0.1) is 6.10 Å². The van der Waals surface area contributed by atoms with Gasteiger partial charge < -0.3 is 10.0 Å². The first kappa shape index (κ1) is 10.6. The van der Waals surface area contributed by atoms with Gasteiger partial charge in [-0.1, -0.05) is 6.07 Å². The Morgan fingerprint density at radius 3 is 3.06 bits per heavy atom. The van der Waals surface area contributed by atoms with E-state index in [1.807, 2.05) is 24.5 Å². The van der Waals surface area contributed by atoms with E-state index in [0.717, 1.165) is 30.9 Å². The van der Waals surface area contributed by atoms with Gasteiger partial charge in [0.25, 0.3) is 0 Å². The van der Waals surface area contributed by atoms with Gasteiger partial charge in [0.15, 0.2) is 0 Å². The molecule has 0 amide bonds. The summed E-state index contributed by atoms with van der Waals surface area (Å²) in [6, 6.07) is 6.14. The van der Waals surface area contributed by atoms with Gasteiger partial charge in [0.1, 0.15) is 11.5 Å². The van der Waals surface area contributed by atoms with E-state index < -0.39 is 0 Å². The minimum Gasteiger partial charge on any atom is -0.393 e. The standard InChI is InChI=1S/C13H17N3O/c1-15(9-10-7-11(17)8-10)13-4-2-3-12-14-5-6-16(12)13/h2-6,10-11,17H,7-9H2,1H3. The molecule has 2 aromatic rings. The monoisotopic (exact) mass is 231 g/mol. The molecule has 0 aromatic carbocycles. The Bertz CT molecular complexity index is 516. The number of imidazole rings is 1. The zero-order valence-electron chi connectivity index (χ0n) is 9.95. The Morgan fingerprint density at radius 1 is 1.47 bits per heavy atom. The third-order valence-corrected chi connectivity index (χ3v) is 3.54. The minimum atomic E-state index is -0.0718. The molecular weight excluding hydrogens is 214 g/mol. The van der Waals surface area contributed by atoms with E-state index in [1.54, 1.807) is 0 Å². The van der Waals surface area contributed by atoms with Crippen LogP contribution < -0.4 is 4.90 Å². The highest BCUT2D eigenvalue weighted by molar-refractivity contribution is 5.51. The van der Waals surface area contributed by atoms with E-state index in [2.05, 4.69) is 27.4 Å². The van der Waals surface area contributed by atoms with E-state index in [0.29, 0.717) is 5.92 Å². The van der Waals surface area contributed by atoms with Crippen LogP contribution in [0.25, 0.3) is 5.65 Å². The Balaban J connectivity index is 1.80. The molecule has 17 heavy (non-hydrogen) atoms. The number of nitrogens with zero attached hydrogens (tertiary/aromatic N) is 3. The topological polar surface area (TPSA) is 40.8 Å². The number of aliphatic hydroxyl groups excluding tert-OH is 1. The summed E-state index contributed by atoms with van der Waals surface area (Å²) >= 11 is 0. The molecule has 0 aliphatic heterocycles. The summed E-state index contributed by atoms with van der Waals surface area (Å²) in [6.45, 7) is 0.994. The Labute approximate surface area is 101 Å². The summed E-state index contributed by atoms with van der Waals surface area (Å²) in [5.41, 5.74) is 0.975. The molecule has 1 saturated carbocycles. The molecule has 4 heteroatoms. The van der Waals surface area contributed by atoms with Gasteiger partial charge in [0.2, 0.25) is 0 Å². The Morgan fingerprint density at radius 2 is 2.29 bits per heavy atom. The fourth-order valence-corrected chi connectivity index (χ4v) is 2.57. The first-order valence-corrected chi connectivity index (χ1v) is 6.05. The van der Waals surface area contributed by atoms with Crippen LogP contribution in [0, 0.1) is 5.92 Å². The molecule has 1 fully saturated rings. The summed E-state index contributed by atoms with van der Waals surface area (Å²) < 4.78 is 2.09. The molecule has 1 aliphatic carbocycles. The predicted octanol–water partition coefficient (Wildman–Crippen LogP) is 1.54. The van der Waals surface area contributed by atoms with Gasteiger partial charge in [-0.2, -0.15) is 0 Å². The highest BCUT2D eigenvalue weighted by Crippen LogP contribution is 2.29. The van der Waals surface area contributed by atoms with Crippen LogP contribution in [0.4, 0.5) is 5.82 Å². The molecule has 1 N–H and O–H groups in total. The van der Waals surface area contributed by atoms with Gasteiger partial charge in [-0.15, -0.1) is 0 Å². The first-order valence-electron chi connectivity index (χ1n) is 6.05. The maximum Gasteiger partial charge on any atom is 0.138 e. The van der Waals surface area contributed by atoms with Gasteiger partial charge in [0, 0.05) is 26.0 Å². The van der Waals surface area contributed by atoms with Crippen molar-refractivity contribution in [3.8, 4) is 0 Å². The molecule has 0 unspecified atom stereocenters. The number of aliphatic hydroxyl groups is 1. The van der Waals surface area contributed by atoms with Crippen LogP contribution >= 0.6 is 0 Å². The summed E-state index contributed by atoms with van der Waals surface area (Å²) in [4.78, 5) is 6.52. The van der Waals surface area contributed by atoms with Crippen molar-refractivity contribution >= 4 is 11.5 Å². The second-order valence-corrected chi connectivity index (χ2v) is 4.91. The van der Waals surface area contributed by atoms with Crippen molar-refractivity contribution < 1.29 is 5.11 Å². The molecule has 0 atom stereocenters. The zero-order chi connectivity index (χ0) is 11.8. The lowest BCUT2D eigenvalue weighted by molar-refractivity contribution is 0.0464. The van der Waals surface area contributed by atoms with E-state index in [9.17, 15) is 5.11 Å². The van der Waals surface area contributed by atoms with Gasteiger partial charge in [-0.25, -0.2) is 4.98 Å². The Hall–Kier alpha value is -1.55. The van der Waals surface area contributed by atoms with Crippen LogP contribution in [0.1, 0.15) is 12.8 Å². The summed E-state index contributed by atoms with van der Waals surface area (Å²) in [6.07, 6.45) is 5.60. The summed E-state index contributed by atoms with van der Waals surface area (Å²) in [7, 11) is 2.10. The van der Waals surface area contributed by atoms with E-state index >= 15 is 0 Å². The third-order valence-electron chi connectivity index (χ3n) is 3.54. The lowest BCUT2D eigenvalue weighted by Gasteiger charge is -2.35. The van der Waals surface area contributed by atoms with Crippen molar-refractivity contribution in [2.75, 3.05) is 18.5 Å². The molecule has 0 bridgehead atoms. The fourth-order valence-electron chi connectivity index (χ4n) is 2.57. The van der Waals surface area contributed by atoms with Crippen LogP contribution in [0.5, 0.6) is 0 Å². The molecule has 0 saturated heterocycles. The average Bonchev–Trinajstić information content (AvgIpc) is 2.74. The lowest BCUT2D eigenvalue weighted by atomic mass is 9.82. The van der Waals surface area contributed by atoms with E-state index in [4.69, 9.17) is 0 Å². The molecular formula is C13H17N3O. The van der Waals surface area contributed by atoms with Crippen molar-refractivity contribution in [1.82, 2.24) is 9.38 Å². The number of anilines is 1. The van der Waals surface area contributed by atoms with E-state index in [-0.39, 0.29) is 6.10 Å². The molecule has 4 nitrogen and oxygen atoms in total. The first-order chi connectivity index (χ1) is 8.24. The molecule has 1 aliphatic rings. The largest absolute Gasteiger partial charge is 0.393 e. The average molecular weight is 231 g/mol. The smallest absolute Gasteiger partial charge is 0.138 e. The summed E-state index contributed by atoms with van der Waals surface area (Å²) in [5.74, 6) is 1.77. The number of pyridine rings is 1. The maximum absolute atomic E-state index is 9.31. The zero-order valence-corrected chi connectivity index (χ0v) is 9.95. The van der Waals surface area contributed by atoms with Gasteiger partial charge in [-0.3, -0.25) is 4.40 Å². The molecule has 2 aromatic heterocycles. The molecule has 3 rings (SSSR count). The normalized spacial score (nSPS) is 23.6. The summed E-state index contributed by atoms with van der Waals surface area (Å²) in [5, 5.41) is 9.31. The van der Waals surface area contributed by atoms with Crippen LogP contribution in [-0.2, 0) is 0 Å². The SMILES string of the molecule is CN(CC1CC(O)C1)c1cccc2nccn12. The maximum atomic E-state index is 9.31. The molecule has 0 spiro atoms. The minimum absolute atomic E-state index is 0.0718. The van der Waals surface area contributed by atoms with Gasteiger partial charge >= 0.3 is 0 Å². The van der Waals surface area contributed by atoms with Crippen LogP contribution in [0.2, 0.25) is 0 Å². The number of rotatable bonds is 3. The van der Waals surface area contributed by atoms with Crippen molar-refractivity contribution in [3.05, 3.63) is 30.6 Å². The lowest BCUT2D eigenvalue weighted by Crippen LogP contribution is -2.37. The Kier molecular flexibility index (Phi) is 2.52. The predicted molar refractivity (Wildman–Crippen MR) is 67.2 cm³/mol. The second-order valence-electron chi connectivity index (χ2n) is 4.91. The second kappa shape index (κ2) is 4.04. The van der Waals surface area contributed by atoms with Crippen molar-refractivity contribution in [1.29, 1.82) is 0 Å². The fraction of sp³-hybridized carbons (Fsp3) is 0.462. The van der Waals surface area contributed by atoms with Crippen molar-refractivity contribution in [3.63, 3.8) is 0 Å². The van der Waals surface area contributed by atoms with Crippen LogP contribution in [-0.4, -0.2) is 34.2 Å². The number of aromatic nitrogens is 2. The van der Waals surface area contributed by atoms with Crippen molar-refractivity contribution in [2.24, 2.45) is 5.92 Å². The molecule has 2 heterocycles. The van der Waals surface area contributed by atoms with Crippen LogP contribution in [0.15, 0.2) is 30.6 Å².